The molecule has 1 aliphatic carbocycles. The summed E-state index contributed by atoms with van der Waals surface area (Å²) in [5, 5.41) is 9.24. The molecule has 2 aliphatic rings. The second-order valence-corrected chi connectivity index (χ2v) is 6.53. The first-order valence-corrected chi connectivity index (χ1v) is 7.67. The van der Waals surface area contributed by atoms with Gasteiger partial charge in [-0.15, -0.1) is 0 Å². The van der Waals surface area contributed by atoms with Crippen LogP contribution in [0.25, 0.3) is 0 Å². The third-order valence-corrected chi connectivity index (χ3v) is 4.65. The van der Waals surface area contributed by atoms with E-state index in [1.165, 1.54) is 36.0 Å². The molecule has 1 heterocycles. The molecule has 2 atom stereocenters. The van der Waals surface area contributed by atoms with Gasteiger partial charge in [0.15, 0.2) is 0 Å². The first kappa shape index (κ1) is 13.6. The van der Waals surface area contributed by atoms with Crippen molar-refractivity contribution >= 4 is 5.97 Å². The molecule has 0 aromatic heterocycles. The first-order chi connectivity index (χ1) is 9.61. The monoisotopic (exact) mass is 273 g/mol. The SMILES string of the molecule is CC1CC(C(=O)O)CN(Cc2ccc3c(c2)CCC3)C1. The summed E-state index contributed by atoms with van der Waals surface area (Å²) in [6.45, 7) is 4.75. The average molecular weight is 273 g/mol. The van der Waals surface area contributed by atoms with E-state index in [0.717, 1.165) is 19.5 Å². The molecule has 1 saturated heterocycles. The number of aryl methyl sites for hydroxylation is 2. The summed E-state index contributed by atoms with van der Waals surface area (Å²) < 4.78 is 0. The summed E-state index contributed by atoms with van der Waals surface area (Å²) >= 11 is 0. The number of rotatable bonds is 3. The Kier molecular flexibility index (Phi) is 3.79. The van der Waals surface area contributed by atoms with Crippen LogP contribution in [0.2, 0.25) is 0 Å². The standard InChI is InChI=1S/C17H23NO2/c1-12-7-16(17(19)20)11-18(9-12)10-13-5-6-14-3-2-4-15(14)8-13/h5-6,8,12,16H,2-4,7,9-11H2,1H3,(H,19,20). The van der Waals surface area contributed by atoms with Crippen molar-refractivity contribution in [3.63, 3.8) is 0 Å². The van der Waals surface area contributed by atoms with Gasteiger partial charge in [0.1, 0.15) is 0 Å². The van der Waals surface area contributed by atoms with Gasteiger partial charge in [0.25, 0.3) is 0 Å². The van der Waals surface area contributed by atoms with Crippen molar-refractivity contribution in [2.75, 3.05) is 13.1 Å². The van der Waals surface area contributed by atoms with Crippen molar-refractivity contribution < 1.29 is 9.90 Å². The molecule has 1 aromatic rings. The molecule has 3 heteroatoms. The minimum atomic E-state index is -0.643. The number of carbonyl (C=O) groups is 1. The molecule has 20 heavy (non-hydrogen) atoms. The van der Waals surface area contributed by atoms with E-state index in [1.54, 1.807) is 0 Å². The molecular formula is C17H23NO2. The topological polar surface area (TPSA) is 40.5 Å². The van der Waals surface area contributed by atoms with Crippen LogP contribution in [0.3, 0.4) is 0 Å². The molecule has 0 bridgehead atoms. The number of hydrogen-bond acceptors (Lipinski definition) is 2. The van der Waals surface area contributed by atoms with Gasteiger partial charge in [-0.05, 0) is 48.3 Å². The Morgan fingerprint density at radius 1 is 1.30 bits per heavy atom. The Morgan fingerprint density at radius 3 is 2.90 bits per heavy atom. The zero-order valence-electron chi connectivity index (χ0n) is 12.1. The Bertz CT molecular complexity index is 512. The molecule has 108 valence electrons. The fourth-order valence-corrected chi connectivity index (χ4v) is 3.75. The van der Waals surface area contributed by atoms with Gasteiger partial charge in [0.2, 0.25) is 0 Å². The van der Waals surface area contributed by atoms with Crippen molar-refractivity contribution in [1.29, 1.82) is 0 Å². The van der Waals surface area contributed by atoms with E-state index in [1.807, 2.05) is 0 Å². The van der Waals surface area contributed by atoms with E-state index in [2.05, 4.69) is 30.0 Å². The summed E-state index contributed by atoms with van der Waals surface area (Å²) in [6, 6.07) is 6.82. The highest BCUT2D eigenvalue weighted by Crippen LogP contribution is 2.26. The highest BCUT2D eigenvalue weighted by Gasteiger charge is 2.29. The van der Waals surface area contributed by atoms with Crippen LogP contribution in [0, 0.1) is 11.8 Å². The number of fused-ring (bicyclic) bond motifs is 1. The zero-order chi connectivity index (χ0) is 14.1. The Hall–Kier alpha value is -1.35. The molecule has 2 unspecified atom stereocenters. The van der Waals surface area contributed by atoms with Gasteiger partial charge in [-0.25, -0.2) is 0 Å². The number of carboxylic acid groups (broad SMARTS) is 1. The lowest BCUT2D eigenvalue weighted by atomic mass is 9.90. The normalized spacial score (nSPS) is 26.4. The van der Waals surface area contributed by atoms with Gasteiger partial charge in [0, 0.05) is 19.6 Å². The van der Waals surface area contributed by atoms with Crippen LogP contribution >= 0.6 is 0 Å². The number of nitrogens with zero attached hydrogens (tertiary/aromatic N) is 1. The van der Waals surface area contributed by atoms with Gasteiger partial charge in [-0.1, -0.05) is 25.1 Å². The van der Waals surface area contributed by atoms with Gasteiger partial charge >= 0.3 is 5.97 Å². The van der Waals surface area contributed by atoms with Crippen molar-refractivity contribution in [2.24, 2.45) is 11.8 Å². The minimum Gasteiger partial charge on any atom is -0.481 e. The summed E-state index contributed by atoms with van der Waals surface area (Å²) in [5.74, 6) is -0.372. The highest BCUT2D eigenvalue weighted by molar-refractivity contribution is 5.70. The first-order valence-electron chi connectivity index (χ1n) is 7.67. The maximum Gasteiger partial charge on any atom is 0.307 e. The molecule has 3 rings (SSSR count). The maximum atomic E-state index is 11.2. The Balaban J connectivity index is 1.69. The summed E-state index contributed by atoms with van der Waals surface area (Å²) in [6.07, 6.45) is 4.52. The van der Waals surface area contributed by atoms with Crippen LogP contribution < -0.4 is 0 Å². The summed E-state index contributed by atoms with van der Waals surface area (Å²) in [7, 11) is 0. The van der Waals surface area contributed by atoms with E-state index < -0.39 is 5.97 Å². The smallest absolute Gasteiger partial charge is 0.307 e. The number of piperidine rings is 1. The molecule has 0 radical (unpaired) electrons. The molecule has 0 saturated carbocycles. The van der Waals surface area contributed by atoms with Gasteiger partial charge in [0.05, 0.1) is 5.92 Å². The molecule has 3 nitrogen and oxygen atoms in total. The maximum absolute atomic E-state index is 11.2. The van der Waals surface area contributed by atoms with Crippen molar-refractivity contribution in [1.82, 2.24) is 4.90 Å². The van der Waals surface area contributed by atoms with Crippen LogP contribution in [0.4, 0.5) is 0 Å². The van der Waals surface area contributed by atoms with Crippen molar-refractivity contribution in [3.05, 3.63) is 34.9 Å². The van der Waals surface area contributed by atoms with E-state index in [4.69, 9.17) is 0 Å². The lowest BCUT2D eigenvalue weighted by Crippen LogP contribution is -2.41. The van der Waals surface area contributed by atoms with E-state index in [-0.39, 0.29) is 5.92 Å². The Labute approximate surface area is 120 Å². The summed E-state index contributed by atoms with van der Waals surface area (Å²) in [5.41, 5.74) is 4.34. The van der Waals surface area contributed by atoms with Crippen molar-refractivity contribution in [3.8, 4) is 0 Å². The molecule has 1 aliphatic heterocycles. The third-order valence-electron chi connectivity index (χ3n) is 4.65. The molecule has 0 amide bonds. The minimum absolute atomic E-state index is 0.201. The predicted molar refractivity (Wildman–Crippen MR) is 78.7 cm³/mol. The predicted octanol–water partition coefficient (Wildman–Crippen LogP) is 2.72. The Morgan fingerprint density at radius 2 is 2.10 bits per heavy atom. The second-order valence-electron chi connectivity index (χ2n) is 6.53. The van der Waals surface area contributed by atoms with Gasteiger partial charge in [-0.2, -0.15) is 0 Å². The second kappa shape index (κ2) is 5.57. The molecular weight excluding hydrogens is 250 g/mol. The third kappa shape index (κ3) is 2.88. The molecule has 1 aromatic carbocycles. The molecule has 1 fully saturated rings. The fraction of sp³-hybridized carbons (Fsp3) is 0.588. The van der Waals surface area contributed by atoms with Crippen LogP contribution in [0.15, 0.2) is 18.2 Å². The highest BCUT2D eigenvalue weighted by atomic mass is 16.4. The number of benzene rings is 1. The number of aliphatic carboxylic acids is 1. The lowest BCUT2D eigenvalue weighted by Gasteiger charge is -2.34. The van der Waals surface area contributed by atoms with Crippen LogP contribution in [-0.2, 0) is 24.2 Å². The zero-order valence-corrected chi connectivity index (χ0v) is 12.1. The number of hydrogen-bond donors (Lipinski definition) is 1. The van der Waals surface area contributed by atoms with E-state index in [9.17, 15) is 9.90 Å². The average Bonchev–Trinajstić information content (AvgIpc) is 2.85. The molecule has 0 spiro atoms. The van der Waals surface area contributed by atoms with E-state index >= 15 is 0 Å². The van der Waals surface area contributed by atoms with Crippen molar-refractivity contribution in [2.45, 2.75) is 39.2 Å². The number of carboxylic acids is 1. The number of likely N-dealkylation sites (tertiary alicyclic amines) is 1. The van der Waals surface area contributed by atoms with Gasteiger partial charge < -0.3 is 5.11 Å². The van der Waals surface area contributed by atoms with Crippen LogP contribution in [-0.4, -0.2) is 29.1 Å². The lowest BCUT2D eigenvalue weighted by molar-refractivity contribution is -0.144. The largest absolute Gasteiger partial charge is 0.481 e. The van der Waals surface area contributed by atoms with Crippen LogP contribution in [0.5, 0.6) is 0 Å². The van der Waals surface area contributed by atoms with E-state index in [0.29, 0.717) is 12.5 Å². The summed E-state index contributed by atoms with van der Waals surface area (Å²) in [4.78, 5) is 13.5. The fourth-order valence-electron chi connectivity index (χ4n) is 3.75. The quantitative estimate of drug-likeness (QED) is 0.920. The molecule has 1 N–H and O–H groups in total. The van der Waals surface area contributed by atoms with Crippen LogP contribution in [0.1, 0.15) is 36.5 Å². The van der Waals surface area contributed by atoms with Gasteiger partial charge in [-0.3, -0.25) is 9.69 Å².